The minimum absolute atomic E-state index is 0.317. The van der Waals surface area contributed by atoms with Crippen molar-refractivity contribution in [2.45, 2.75) is 24.3 Å². The molecule has 1 aromatic rings. The summed E-state index contributed by atoms with van der Waals surface area (Å²) in [5.41, 5.74) is 5.57. The number of sulfonamides is 1. The van der Waals surface area contributed by atoms with Gasteiger partial charge in [-0.15, -0.1) is 11.3 Å². The maximum atomic E-state index is 12.6. The number of ether oxygens (including phenoxy) is 1. The molecule has 1 fully saturated rings. The van der Waals surface area contributed by atoms with Gasteiger partial charge in [0.15, 0.2) is 0 Å². The van der Waals surface area contributed by atoms with E-state index in [0.717, 1.165) is 30.9 Å². The second-order valence-electron chi connectivity index (χ2n) is 4.90. The van der Waals surface area contributed by atoms with Crippen LogP contribution in [0.3, 0.4) is 0 Å². The van der Waals surface area contributed by atoms with Crippen LogP contribution in [0.2, 0.25) is 0 Å². The summed E-state index contributed by atoms with van der Waals surface area (Å²) in [7, 11) is -1.82. The van der Waals surface area contributed by atoms with E-state index in [1.54, 1.807) is 13.1 Å². The topological polar surface area (TPSA) is 72.6 Å². The van der Waals surface area contributed by atoms with Gasteiger partial charge in [-0.3, -0.25) is 0 Å². The fourth-order valence-corrected chi connectivity index (χ4v) is 5.99. The van der Waals surface area contributed by atoms with E-state index < -0.39 is 10.0 Å². The molecule has 0 saturated carbocycles. The third kappa shape index (κ3) is 3.61. The maximum Gasteiger partial charge on any atom is 0.244 e. The highest BCUT2D eigenvalue weighted by atomic mass is 79.9. The molecule has 0 radical (unpaired) electrons. The lowest BCUT2D eigenvalue weighted by Gasteiger charge is -2.26. The number of hydrogen-bond donors (Lipinski definition) is 1. The molecular formula is C12H19BrN2O3S2. The van der Waals surface area contributed by atoms with Crippen LogP contribution >= 0.6 is 27.3 Å². The molecule has 0 aromatic carbocycles. The van der Waals surface area contributed by atoms with Crippen molar-refractivity contribution in [2.24, 2.45) is 11.7 Å². The van der Waals surface area contributed by atoms with E-state index in [0.29, 0.717) is 27.7 Å². The monoisotopic (exact) mass is 382 g/mol. The highest BCUT2D eigenvalue weighted by molar-refractivity contribution is 9.11. The SMILES string of the molecule is CN(CC1CCOCC1)S(=O)(=O)c1cc(CN)sc1Br. The molecule has 0 unspecified atom stereocenters. The second-order valence-corrected chi connectivity index (χ2v) is 9.36. The fraction of sp³-hybridized carbons (Fsp3) is 0.667. The van der Waals surface area contributed by atoms with E-state index >= 15 is 0 Å². The average molecular weight is 383 g/mol. The standard InChI is InChI=1S/C12H19BrN2O3S2/c1-15(8-9-2-4-18-5-3-9)20(16,17)11-6-10(7-14)19-12(11)13/h6,9H,2-5,7-8,14H2,1H3. The quantitative estimate of drug-likeness (QED) is 0.845. The van der Waals surface area contributed by atoms with Gasteiger partial charge >= 0.3 is 0 Å². The zero-order chi connectivity index (χ0) is 14.8. The smallest absolute Gasteiger partial charge is 0.244 e. The molecule has 0 amide bonds. The van der Waals surface area contributed by atoms with Crippen LogP contribution in [0.4, 0.5) is 0 Å². The van der Waals surface area contributed by atoms with Gasteiger partial charge in [0.25, 0.3) is 0 Å². The molecule has 20 heavy (non-hydrogen) atoms. The molecule has 0 spiro atoms. The van der Waals surface area contributed by atoms with Crippen molar-refractivity contribution in [3.05, 3.63) is 14.7 Å². The Kier molecular flexibility index (Phi) is 5.61. The Labute approximate surface area is 132 Å². The summed E-state index contributed by atoms with van der Waals surface area (Å²) < 4.78 is 32.5. The molecule has 0 atom stereocenters. The van der Waals surface area contributed by atoms with Gasteiger partial charge in [0.2, 0.25) is 10.0 Å². The van der Waals surface area contributed by atoms with Crippen LogP contribution in [0.15, 0.2) is 14.7 Å². The van der Waals surface area contributed by atoms with Gasteiger partial charge in [-0.2, -0.15) is 0 Å². The lowest BCUT2D eigenvalue weighted by molar-refractivity contribution is 0.0620. The summed E-state index contributed by atoms with van der Waals surface area (Å²) in [6.07, 6.45) is 1.83. The third-order valence-electron chi connectivity index (χ3n) is 3.45. The Morgan fingerprint density at radius 2 is 2.15 bits per heavy atom. The average Bonchev–Trinajstić information content (AvgIpc) is 2.82. The van der Waals surface area contributed by atoms with Gasteiger partial charge in [-0.1, -0.05) is 0 Å². The van der Waals surface area contributed by atoms with Gasteiger partial charge in [0.1, 0.15) is 4.90 Å². The van der Waals surface area contributed by atoms with E-state index in [1.807, 2.05) is 0 Å². The summed E-state index contributed by atoms with van der Waals surface area (Å²) >= 11 is 4.69. The largest absolute Gasteiger partial charge is 0.381 e. The predicted molar refractivity (Wildman–Crippen MR) is 83.3 cm³/mol. The van der Waals surface area contributed by atoms with Crippen molar-refractivity contribution in [3.63, 3.8) is 0 Å². The molecule has 1 aromatic heterocycles. The molecule has 8 heteroatoms. The Bertz CT molecular complexity index is 553. The zero-order valence-electron chi connectivity index (χ0n) is 11.3. The first-order valence-corrected chi connectivity index (χ1v) is 9.52. The number of halogens is 1. The fourth-order valence-electron chi connectivity index (χ4n) is 2.23. The molecule has 0 aliphatic carbocycles. The summed E-state index contributed by atoms with van der Waals surface area (Å²) in [6.45, 7) is 2.32. The van der Waals surface area contributed by atoms with Crippen LogP contribution in [0.1, 0.15) is 17.7 Å². The van der Waals surface area contributed by atoms with E-state index in [4.69, 9.17) is 10.5 Å². The van der Waals surface area contributed by atoms with Crippen molar-refractivity contribution < 1.29 is 13.2 Å². The Balaban J connectivity index is 2.13. The third-order valence-corrected chi connectivity index (χ3v) is 7.55. The number of hydrogen-bond acceptors (Lipinski definition) is 5. The molecule has 1 saturated heterocycles. The molecule has 5 nitrogen and oxygen atoms in total. The van der Waals surface area contributed by atoms with E-state index in [9.17, 15) is 8.42 Å². The Hall–Kier alpha value is 0.01000. The van der Waals surface area contributed by atoms with Crippen LogP contribution in [0, 0.1) is 5.92 Å². The van der Waals surface area contributed by atoms with Crippen molar-refractivity contribution in [1.82, 2.24) is 4.31 Å². The van der Waals surface area contributed by atoms with Gasteiger partial charge in [0.05, 0.1) is 3.79 Å². The van der Waals surface area contributed by atoms with Crippen molar-refractivity contribution in [3.8, 4) is 0 Å². The van der Waals surface area contributed by atoms with Crippen LogP contribution in [-0.2, 0) is 21.3 Å². The summed E-state index contributed by atoms with van der Waals surface area (Å²) in [6, 6.07) is 1.66. The molecule has 2 heterocycles. The van der Waals surface area contributed by atoms with Crippen LogP contribution in [-0.4, -0.2) is 39.5 Å². The summed E-state index contributed by atoms with van der Waals surface area (Å²) in [5.74, 6) is 0.370. The van der Waals surface area contributed by atoms with Crippen LogP contribution in [0.25, 0.3) is 0 Å². The molecule has 0 bridgehead atoms. The van der Waals surface area contributed by atoms with E-state index in [2.05, 4.69) is 15.9 Å². The Morgan fingerprint density at radius 1 is 1.50 bits per heavy atom. The van der Waals surface area contributed by atoms with Crippen molar-refractivity contribution in [1.29, 1.82) is 0 Å². The van der Waals surface area contributed by atoms with Gasteiger partial charge in [-0.05, 0) is 40.8 Å². The molecule has 1 aliphatic heterocycles. The molecule has 114 valence electrons. The number of thiophene rings is 1. The minimum Gasteiger partial charge on any atom is -0.381 e. The number of nitrogens with two attached hydrogens (primary N) is 1. The van der Waals surface area contributed by atoms with Gasteiger partial charge in [0, 0.05) is 38.2 Å². The van der Waals surface area contributed by atoms with Gasteiger partial charge < -0.3 is 10.5 Å². The molecular weight excluding hydrogens is 364 g/mol. The first-order valence-electron chi connectivity index (χ1n) is 6.47. The lowest BCUT2D eigenvalue weighted by atomic mass is 10.0. The molecule has 1 aliphatic rings. The Morgan fingerprint density at radius 3 is 2.70 bits per heavy atom. The first-order chi connectivity index (χ1) is 9.45. The van der Waals surface area contributed by atoms with E-state index in [-0.39, 0.29) is 0 Å². The van der Waals surface area contributed by atoms with Crippen molar-refractivity contribution >= 4 is 37.3 Å². The molecule has 2 rings (SSSR count). The first kappa shape index (κ1) is 16.4. The highest BCUT2D eigenvalue weighted by Crippen LogP contribution is 2.33. The van der Waals surface area contributed by atoms with E-state index in [1.165, 1.54) is 15.6 Å². The minimum atomic E-state index is -3.46. The highest BCUT2D eigenvalue weighted by Gasteiger charge is 2.28. The molecule has 2 N–H and O–H groups in total. The maximum absolute atomic E-state index is 12.6. The lowest BCUT2D eigenvalue weighted by Crippen LogP contribution is -2.34. The number of rotatable bonds is 5. The number of nitrogens with zero attached hydrogens (tertiary/aromatic N) is 1. The second kappa shape index (κ2) is 6.85. The van der Waals surface area contributed by atoms with Crippen molar-refractivity contribution in [2.75, 3.05) is 26.8 Å². The summed E-state index contributed by atoms with van der Waals surface area (Å²) in [5, 5.41) is 0. The summed E-state index contributed by atoms with van der Waals surface area (Å²) in [4.78, 5) is 1.17. The van der Waals surface area contributed by atoms with Gasteiger partial charge in [-0.25, -0.2) is 12.7 Å². The van der Waals surface area contributed by atoms with Crippen LogP contribution in [0.5, 0.6) is 0 Å². The zero-order valence-corrected chi connectivity index (χ0v) is 14.6. The normalized spacial score (nSPS) is 17.8. The predicted octanol–water partition coefficient (Wildman–Crippen LogP) is 2.02. The van der Waals surface area contributed by atoms with Crippen LogP contribution < -0.4 is 5.73 Å².